The number of pyridine rings is 1. The summed E-state index contributed by atoms with van der Waals surface area (Å²) in [6.45, 7) is 6.86. The maximum Gasteiger partial charge on any atom is 0.320 e. The standard InChI is InChI=1S/C21H24N6O4/c1-14(2)30-17-5-3-4-15(12-17)24-21-26-25-20(31-21)19(28)23-16-6-7-18(22-13-16)27-8-10-29-11-9-27/h3-7,12-14H,8-11H2,1-2H3,(H,23,28)(H,24,26). The third-order valence-corrected chi connectivity index (χ3v) is 4.42. The molecule has 0 aliphatic carbocycles. The molecule has 1 saturated heterocycles. The number of ether oxygens (including phenoxy) is 2. The van der Waals surface area contributed by atoms with Crippen LogP contribution in [-0.4, -0.2) is 53.5 Å². The van der Waals surface area contributed by atoms with E-state index in [9.17, 15) is 4.79 Å². The maximum atomic E-state index is 12.4. The molecule has 4 rings (SSSR count). The van der Waals surface area contributed by atoms with Crippen LogP contribution >= 0.6 is 0 Å². The fraction of sp³-hybridized carbons (Fsp3) is 0.333. The van der Waals surface area contributed by atoms with Gasteiger partial charge in [0.25, 0.3) is 0 Å². The number of aromatic nitrogens is 3. The Morgan fingerprint density at radius 3 is 2.71 bits per heavy atom. The first-order valence-electron chi connectivity index (χ1n) is 10.0. The molecule has 10 heteroatoms. The van der Waals surface area contributed by atoms with E-state index in [1.165, 1.54) is 0 Å². The Labute approximate surface area is 179 Å². The predicted octanol–water partition coefficient (Wildman–Crippen LogP) is 3.08. The zero-order valence-corrected chi connectivity index (χ0v) is 17.4. The van der Waals surface area contributed by atoms with Crippen molar-refractivity contribution in [2.75, 3.05) is 41.8 Å². The SMILES string of the molecule is CC(C)Oc1cccc(Nc2nnc(C(=O)Nc3ccc(N4CCOCC4)nc3)o2)c1. The van der Waals surface area contributed by atoms with Crippen LogP contribution in [0.1, 0.15) is 24.5 Å². The summed E-state index contributed by atoms with van der Waals surface area (Å²) in [5.74, 6) is 0.882. The number of nitrogens with one attached hydrogen (secondary N) is 2. The molecule has 3 heterocycles. The summed E-state index contributed by atoms with van der Waals surface area (Å²) in [5, 5.41) is 13.4. The van der Waals surface area contributed by atoms with Gasteiger partial charge in [-0.3, -0.25) is 4.79 Å². The molecule has 1 aliphatic heterocycles. The number of nitrogens with zero attached hydrogens (tertiary/aromatic N) is 4. The Morgan fingerprint density at radius 1 is 1.13 bits per heavy atom. The minimum absolute atomic E-state index is 0.0615. The quantitative estimate of drug-likeness (QED) is 0.590. The van der Waals surface area contributed by atoms with Gasteiger partial charge in [-0.25, -0.2) is 4.98 Å². The van der Waals surface area contributed by atoms with E-state index in [-0.39, 0.29) is 18.0 Å². The zero-order chi connectivity index (χ0) is 21.6. The van der Waals surface area contributed by atoms with Crippen molar-refractivity contribution in [2.24, 2.45) is 0 Å². The molecule has 0 unspecified atom stereocenters. The molecule has 1 amide bonds. The summed E-state index contributed by atoms with van der Waals surface area (Å²) in [6.07, 6.45) is 1.66. The number of morpholine rings is 1. The number of carbonyl (C=O) groups is 1. The second-order valence-corrected chi connectivity index (χ2v) is 7.19. The molecule has 0 radical (unpaired) electrons. The summed E-state index contributed by atoms with van der Waals surface area (Å²) in [7, 11) is 0. The van der Waals surface area contributed by atoms with Crippen molar-refractivity contribution in [1.29, 1.82) is 0 Å². The van der Waals surface area contributed by atoms with Gasteiger partial charge >= 0.3 is 17.8 Å². The van der Waals surface area contributed by atoms with Gasteiger partial charge in [-0.2, -0.15) is 0 Å². The second kappa shape index (κ2) is 9.43. The first kappa shape index (κ1) is 20.6. The van der Waals surface area contributed by atoms with Gasteiger partial charge in [-0.15, -0.1) is 5.10 Å². The van der Waals surface area contributed by atoms with Gasteiger partial charge < -0.3 is 29.4 Å². The number of carbonyl (C=O) groups excluding carboxylic acids is 1. The van der Waals surface area contributed by atoms with Crippen LogP contribution in [0.5, 0.6) is 5.75 Å². The molecule has 2 N–H and O–H groups in total. The maximum absolute atomic E-state index is 12.4. The lowest BCUT2D eigenvalue weighted by atomic mass is 10.3. The summed E-state index contributed by atoms with van der Waals surface area (Å²) in [4.78, 5) is 19.0. The molecule has 0 atom stereocenters. The molecular weight excluding hydrogens is 400 g/mol. The Morgan fingerprint density at radius 2 is 1.97 bits per heavy atom. The van der Waals surface area contributed by atoms with E-state index >= 15 is 0 Å². The van der Waals surface area contributed by atoms with Gasteiger partial charge in [0.05, 0.1) is 31.2 Å². The molecular formula is C21H24N6O4. The largest absolute Gasteiger partial charge is 0.491 e. The van der Waals surface area contributed by atoms with Crippen molar-refractivity contribution in [1.82, 2.24) is 15.2 Å². The van der Waals surface area contributed by atoms with E-state index in [1.54, 1.807) is 12.3 Å². The van der Waals surface area contributed by atoms with Crippen molar-refractivity contribution in [3.63, 3.8) is 0 Å². The van der Waals surface area contributed by atoms with Crippen LogP contribution in [0.3, 0.4) is 0 Å². The third kappa shape index (κ3) is 5.48. The molecule has 1 aliphatic rings. The minimum atomic E-state index is -0.515. The van der Waals surface area contributed by atoms with Crippen molar-refractivity contribution < 1.29 is 18.7 Å². The molecule has 0 saturated carbocycles. The smallest absolute Gasteiger partial charge is 0.320 e. The van der Waals surface area contributed by atoms with E-state index in [4.69, 9.17) is 13.9 Å². The highest BCUT2D eigenvalue weighted by atomic mass is 16.5. The van der Waals surface area contributed by atoms with Crippen molar-refractivity contribution in [3.8, 4) is 5.75 Å². The Balaban J connectivity index is 1.36. The van der Waals surface area contributed by atoms with Crippen LogP contribution < -0.4 is 20.3 Å². The average Bonchev–Trinajstić information content (AvgIpc) is 3.23. The van der Waals surface area contributed by atoms with Crippen LogP contribution in [0.25, 0.3) is 0 Å². The monoisotopic (exact) mass is 424 g/mol. The molecule has 1 aromatic carbocycles. The molecule has 162 valence electrons. The predicted molar refractivity (Wildman–Crippen MR) is 115 cm³/mol. The molecule has 1 fully saturated rings. The molecule has 0 bridgehead atoms. The summed E-state index contributed by atoms with van der Waals surface area (Å²) in [5.41, 5.74) is 1.24. The molecule has 0 spiro atoms. The number of rotatable bonds is 7. The average molecular weight is 424 g/mol. The van der Waals surface area contributed by atoms with E-state index in [0.717, 1.165) is 18.9 Å². The van der Waals surface area contributed by atoms with E-state index in [2.05, 4.69) is 30.7 Å². The third-order valence-electron chi connectivity index (χ3n) is 4.42. The fourth-order valence-electron chi connectivity index (χ4n) is 3.03. The van der Waals surface area contributed by atoms with Gasteiger partial charge in [0.2, 0.25) is 0 Å². The lowest BCUT2D eigenvalue weighted by molar-refractivity contribution is 0.0991. The molecule has 3 aromatic rings. The van der Waals surface area contributed by atoms with Crippen LogP contribution in [0, 0.1) is 0 Å². The van der Waals surface area contributed by atoms with Gasteiger partial charge in [0.1, 0.15) is 11.6 Å². The first-order chi connectivity index (χ1) is 15.1. The number of hydrogen-bond donors (Lipinski definition) is 2. The Bertz CT molecular complexity index is 1010. The van der Waals surface area contributed by atoms with E-state index in [1.807, 2.05) is 44.2 Å². The number of hydrogen-bond acceptors (Lipinski definition) is 9. The van der Waals surface area contributed by atoms with Crippen molar-refractivity contribution >= 4 is 29.1 Å². The highest BCUT2D eigenvalue weighted by Gasteiger charge is 2.17. The van der Waals surface area contributed by atoms with Gasteiger partial charge in [0.15, 0.2) is 0 Å². The summed E-state index contributed by atoms with van der Waals surface area (Å²) in [6, 6.07) is 11.1. The van der Waals surface area contributed by atoms with Crippen LogP contribution in [0.2, 0.25) is 0 Å². The minimum Gasteiger partial charge on any atom is -0.491 e. The first-order valence-corrected chi connectivity index (χ1v) is 10.0. The lowest BCUT2D eigenvalue weighted by Gasteiger charge is -2.27. The summed E-state index contributed by atoms with van der Waals surface area (Å²) < 4.78 is 16.4. The van der Waals surface area contributed by atoms with Crippen molar-refractivity contribution in [2.45, 2.75) is 20.0 Å². The Hall–Kier alpha value is -3.66. The highest BCUT2D eigenvalue weighted by molar-refractivity contribution is 6.00. The highest BCUT2D eigenvalue weighted by Crippen LogP contribution is 2.22. The lowest BCUT2D eigenvalue weighted by Crippen LogP contribution is -2.36. The van der Waals surface area contributed by atoms with E-state index < -0.39 is 5.91 Å². The topological polar surface area (TPSA) is 115 Å². The second-order valence-electron chi connectivity index (χ2n) is 7.19. The fourth-order valence-corrected chi connectivity index (χ4v) is 3.03. The normalized spacial score (nSPS) is 13.8. The van der Waals surface area contributed by atoms with E-state index in [0.29, 0.717) is 30.3 Å². The van der Waals surface area contributed by atoms with Crippen molar-refractivity contribution in [3.05, 3.63) is 48.5 Å². The number of anilines is 4. The number of benzene rings is 1. The Kier molecular flexibility index (Phi) is 6.27. The van der Waals surface area contributed by atoms with Gasteiger partial charge in [-0.05, 0) is 38.1 Å². The van der Waals surface area contributed by atoms with Gasteiger partial charge in [0, 0.05) is 24.8 Å². The zero-order valence-electron chi connectivity index (χ0n) is 17.4. The van der Waals surface area contributed by atoms with Crippen LogP contribution in [0.15, 0.2) is 47.0 Å². The molecule has 2 aromatic heterocycles. The summed E-state index contributed by atoms with van der Waals surface area (Å²) >= 11 is 0. The molecule has 31 heavy (non-hydrogen) atoms. The van der Waals surface area contributed by atoms with Gasteiger partial charge in [-0.1, -0.05) is 11.2 Å². The van der Waals surface area contributed by atoms with Crippen LogP contribution in [-0.2, 0) is 4.74 Å². The number of amides is 1. The van der Waals surface area contributed by atoms with Crippen LogP contribution in [0.4, 0.5) is 23.2 Å². The molecule has 10 nitrogen and oxygen atoms in total.